The molecular weight excluding hydrogens is 192 g/mol. The first-order chi connectivity index (χ1) is 6.86. The molecule has 0 saturated heterocycles. The van der Waals surface area contributed by atoms with Crippen molar-refractivity contribution >= 4 is 28.4 Å². The van der Waals surface area contributed by atoms with Gasteiger partial charge in [0.1, 0.15) is 0 Å². The summed E-state index contributed by atoms with van der Waals surface area (Å²) in [7, 11) is 0. The Bertz CT molecular complexity index is 472. The molecule has 0 unspecified atom stereocenters. The monoisotopic (exact) mass is 202 g/mol. The van der Waals surface area contributed by atoms with Gasteiger partial charge in [-0.05, 0) is 21.9 Å². The van der Waals surface area contributed by atoms with Crippen LogP contribution in [-0.2, 0) is 5.88 Å². The molecule has 0 amide bonds. The summed E-state index contributed by atoms with van der Waals surface area (Å²) in [5.41, 5.74) is 2.29. The molecule has 70 valence electrons. The van der Waals surface area contributed by atoms with Gasteiger partial charge in [0.25, 0.3) is 0 Å². The van der Waals surface area contributed by atoms with Gasteiger partial charge in [0.2, 0.25) is 0 Å². The van der Waals surface area contributed by atoms with Gasteiger partial charge in [0.15, 0.2) is 0 Å². The minimum absolute atomic E-state index is 0.530. The van der Waals surface area contributed by atoms with Crippen molar-refractivity contribution in [2.75, 3.05) is 0 Å². The summed E-state index contributed by atoms with van der Waals surface area (Å²) in [6.07, 6.45) is 1.85. The van der Waals surface area contributed by atoms with Crippen LogP contribution < -0.4 is 0 Å². The standard InChI is InChI=1S/C13H11Cl/c1-2-10-7-8-11-5-3-4-6-12(11)13(10)9-14/h2-8H,1,9H2. The van der Waals surface area contributed by atoms with E-state index in [2.05, 4.69) is 30.8 Å². The number of hydrogen-bond acceptors (Lipinski definition) is 0. The molecule has 0 fully saturated rings. The molecule has 0 N–H and O–H groups in total. The van der Waals surface area contributed by atoms with E-state index in [1.165, 1.54) is 16.3 Å². The molecule has 0 aromatic heterocycles. The molecule has 0 nitrogen and oxygen atoms in total. The van der Waals surface area contributed by atoms with Crippen LogP contribution >= 0.6 is 11.6 Å². The van der Waals surface area contributed by atoms with Crippen LogP contribution in [0.25, 0.3) is 16.8 Å². The molecule has 0 aliphatic rings. The number of hydrogen-bond donors (Lipinski definition) is 0. The highest BCUT2D eigenvalue weighted by Gasteiger charge is 2.03. The second kappa shape index (κ2) is 3.85. The summed E-state index contributed by atoms with van der Waals surface area (Å²) < 4.78 is 0. The van der Waals surface area contributed by atoms with Crippen molar-refractivity contribution in [1.29, 1.82) is 0 Å². The topological polar surface area (TPSA) is 0 Å². The SMILES string of the molecule is C=Cc1ccc2ccccc2c1CCl. The zero-order chi connectivity index (χ0) is 9.97. The largest absolute Gasteiger partial charge is 0.122 e. The second-order valence-corrected chi connectivity index (χ2v) is 3.46. The molecular formula is C13H11Cl. The summed E-state index contributed by atoms with van der Waals surface area (Å²) in [5, 5.41) is 2.45. The Morgan fingerprint density at radius 2 is 1.93 bits per heavy atom. The fraction of sp³-hybridized carbons (Fsp3) is 0.0769. The molecule has 2 aromatic rings. The van der Waals surface area contributed by atoms with Crippen molar-refractivity contribution in [3.8, 4) is 0 Å². The maximum Gasteiger partial charge on any atom is 0.0486 e. The van der Waals surface area contributed by atoms with Gasteiger partial charge < -0.3 is 0 Å². The van der Waals surface area contributed by atoms with Crippen molar-refractivity contribution in [2.45, 2.75) is 5.88 Å². The molecule has 0 heterocycles. The van der Waals surface area contributed by atoms with Crippen molar-refractivity contribution in [1.82, 2.24) is 0 Å². The number of fused-ring (bicyclic) bond motifs is 1. The summed E-state index contributed by atoms with van der Waals surface area (Å²) >= 11 is 5.94. The van der Waals surface area contributed by atoms with Crippen LogP contribution in [0.15, 0.2) is 43.0 Å². The summed E-state index contributed by atoms with van der Waals surface area (Å²) in [6.45, 7) is 3.79. The van der Waals surface area contributed by atoms with Gasteiger partial charge in [-0.1, -0.05) is 49.1 Å². The van der Waals surface area contributed by atoms with Crippen LogP contribution in [0.4, 0.5) is 0 Å². The van der Waals surface area contributed by atoms with Crippen LogP contribution in [0.1, 0.15) is 11.1 Å². The molecule has 1 heteroatoms. The van der Waals surface area contributed by atoms with E-state index >= 15 is 0 Å². The molecule has 14 heavy (non-hydrogen) atoms. The first-order valence-electron chi connectivity index (χ1n) is 4.56. The van der Waals surface area contributed by atoms with Crippen molar-refractivity contribution in [3.63, 3.8) is 0 Å². The van der Waals surface area contributed by atoms with Crippen LogP contribution in [0, 0.1) is 0 Å². The fourth-order valence-electron chi connectivity index (χ4n) is 1.69. The lowest BCUT2D eigenvalue weighted by Gasteiger charge is -2.07. The van der Waals surface area contributed by atoms with Crippen LogP contribution in [0.3, 0.4) is 0 Å². The van der Waals surface area contributed by atoms with E-state index in [-0.39, 0.29) is 0 Å². The number of alkyl halides is 1. The van der Waals surface area contributed by atoms with E-state index in [0.29, 0.717) is 5.88 Å². The van der Waals surface area contributed by atoms with Crippen LogP contribution in [0.2, 0.25) is 0 Å². The van der Waals surface area contributed by atoms with E-state index in [4.69, 9.17) is 11.6 Å². The lowest BCUT2D eigenvalue weighted by Crippen LogP contribution is -1.86. The Labute approximate surface area is 88.8 Å². The van der Waals surface area contributed by atoms with Crippen molar-refractivity contribution in [2.24, 2.45) is 0 Å². The van der Waals surface area contributed by atoms with Gasteiger partial charge in [-0.15, -0.1) is 11.6 Å². The lowest BCUT2D eigenvalue weighted by molar-refractivity contribution is 1.43. The highest BCUT2D eigenvalue weighted by Crippen LogP contribution is 2.24. The molecule has 0 aliphatic carbocycles. The van der Waals surface area contributed by atoms with Gasteiger partial charge in [0.05, 0.1) is 0 Å². The first-order valence-corrected chi connectivity index (χ1v) is 5.09. The quantitative estimate of drug-likeness (QED) is 0.640. The average Bonchev–Trinajstić information content (AvgIpc) is 2.27. The smallest absolute Gasteiger partial charge is 0.0486 e. The number of benzene rings is 2. The Balaban J connectivity index is 2.83. The van der Waals surface area contributed by atoms with Crippen molar-refractivity contribution in [3.05, 3.63) is 54.1 Å². The Morgan fingerprint density at radius 1 is 1.14 bits per heavy atom. The molecule has 0 aliphatic heterocycles. The van der Waals surface area contributed by atoms with Gasteiger partial charge in [-0.25, -0.2) is 0 Å². The number of rotatable bonds is 2. The van der Waals surface area contributed by atoms with Crippen molar-refractivity contribution < 1.29 is 0 Å². The minimum atomic E-state index is 0.530. The van der Waals surface area contributed by atoms with E-state index in [1.54, 1.807) is 0 Å². The third-order valence-corrected chi connectivity index (χ3v) is 2.70. The molecule has 2 aromatic carbocycles. The molecule has 2 rings (SSSR count). The highest BCUT2D eigenvalue weighted by molar-refractivity contribution is 6.18. The molecule has 0 radical (unpaired) electrons. The van der Waals surface area contributed by atoms with E-state index in [9.17, 15) is 0 Å². The van der Waals surface area contributed by atoms with Gasteiger partial charge in [0, 0.05) is 5.88 Å². The Morgan fingerprint density at radius 3 is 2.64 bits per heavy atom. The Hall–Kier alpha value is -1.27. The maximum atomic E-state index is 5.94. The maximum absolute atomic E-state index is 5.94. The average molecular weight is 203 g/mol. The predicted octanol–water partition coefficient (Wildman–Crippen LogP) is 4.22. The van der Waals surface area contributed by atoms with Gasteiger partial charge >= 0.3 is 0 Å². The molecule has 0 saturated carbocycles. The summed E-state index contributed by atoms with van der Waals surface area (Å²) in [5.74, 6) is 0.530. The summed E-state index contributed by atoms with van der Waals surface area (Å²) in [4.78, 5) is 0. The van der Waals surface area contributed by atoms with E-state index in [1.807, 2.05) is 18.2 Å². The van der Waals surface area contributed by atoms with Gasteiger partial charge in [-0.2, -0.15) is 0 Å². The van der Waals surface area contributed by atoms with Gasteiger partial charge in [-0.3, -0.25) is 0 Å². The third kappa shape index (κ3) is 1.42. The van der Waals surface area contributed by atoms with E-state index in [0.717, 1.165) is 5.56 Å². The van der Waals surface area contributed by atoms with E-state index < -0.39 is 0 Å². The lowest BCUT2D eigenvalue weighted by atomic mass is 10.0. The number of halogens is 1. The minimum Gasteiger partial charge on any atom is -0.122 e. The third-order valence-electron chi connectivity index (χ3n) is 2.43. The molecule has 0 spiro atoms. The molecule has 0 bridgehead atoms. The van der Waals surface area contributed by atoms with Crippen LogP contribution in [0.5, 0.6) is 0 Å². The summed E-state index contributed by atoms with van der Waals surface area (Å²) in [6, 6.07) is 12.4. The second-order valence-electron chi connectivity index (χ2n) is 3.19. The Kier molecular flexibility index (Phi) is 2.55. The molecule has 0 atom stereocenters. The van der Waals surface area contributed by atoms with Crippen LogP contribution in [-0.4, -0.2) is 0 Å². The zero-order valence-electron chi connectivity index (χ0n) is 7.83. The normalized spacial score (nSPS) is 10.4. The highest BCUT2D eigenvalue weighted by atomic mass is 35.5. The predicted molar refractivity (Wildman–Crippen MR) is 63.6 cm³/mol. The first kappa shape index (κ1) is 9.29. The fourth-order valence-corrected chi connectivity index (χ4v) is 1.99. The zero-order valence-corrected chi connectivity index (χ0v) is 8.59.